The Hall–Kier alpha value is -2.74. The first-order chi connectivity index (χ1) is 13.9. The second-order valence-electron chi connectivity index (χ2n) is 5.96. The molecule has 2 rings (SSSR count). The molecule has 0 saturated carbocycles. The normalized spacial score (nSPS) is 16.4. The number of rotatable bonds is 8. The highest BCUT2D eigenvalue weighted by Crippen LogP contribution is 2.40. The first-order valence-electron chi connectivity index (χ1n) is 9.38. The quantitative estimate of drug-likeness (QED) is 0.628. The van der Waals surface area contributed by atoms with Crippen LogP contribution in [0.3, 0.4) is 0 Å². The molecule has 156 valence electrons. The van der Waals surface area contributed by atoms with E-state index in [1.165, 1.54) is 0 Å². The molecule has 1 N–H and O–H groups in total. The predicted octanol–water partition coefficient (Wildman–Crippen LogP) is 4.28. The molecule has 0 aromatic heterocycles. The minimum absolute atomic E-state index is 0.0922. The molecule has 1 aliphatic heterocycles. The molecular formula is C21H25NO6S. The summed E-state index contributed by atoms with van der Waals surface area (Å²) < 4.78 is 15.9. The first-order valence-corrected chi connectivity index (χ1v) is 10.2. The second kappa shape index (κ2) is 10.7. The second-order valence-corrected chi connectivity index (χ2v) is 6.99. The molecule has 1 amide bonds. The van der Waals surface area contributed by atoms with E-state index in [9.17, 15) is 14.7 Å². The lowest BCUT2D eigenvalue weighted by molar-refractivity contribution is -0.138. The SMILES string of the molecule is CCCC(=O)N=C1S/C(=C\c2ccc(OCC)c(OC)c2)C(O)=C1C(=O)OCC. The van der Waals surface area contributed by atoms with E-state index in [0.717, 1.165) is 17.3 Å². The summed E-state index contributed by atoms with van der Waals surface area (Å²) in [4.78, 5) is 28.7. The van der Waals surface area contributed by atoms with Crippen LogP contribution in [0.4, 0.5) is 0 Å². The smallest absolute Gasteiger partial charge is 0.344 e. The largest absolute Gasteiger partial charge is 0.506 e. The van der Waals surface area contributed by atoms with E-state index in [0.29, 0.717) is 29.4 Å². The summed E-state index contributed by atoms with van der Waals surface area (Å²) in [5.74, 6) is -0.174. The molecule has 1 aromatic rings. The van der Waals surface area contributed by atoms with Crippen molar-refractivity contribution in [3.05, 3.63) is 40.0 Å². The van der Waals surface area contributed by atoms with Crippen LogP contribution in [0.5, 0.6) is 11.5 Å². The molecule has 0 bridgehead atoms. The van der Waals surface area contributed by atoms with Crippen molar-refractivity contribution in [2.45, 2.75) is 33.6 Å². The number of methoxy groups -OCH3 is 1. The van der Waals surface area contributed by atoms with E-state index in [1.54, 1.807) is 38.3 Å². The molecule has 0 fully saturated rings. The number of thioether (sulfide) groups is 1. The minimum atomic E-state index is -0.715. The number of amides is 1. The Balaban J connectivity index is 2.44. The number of benzene rings is 1. The van der Waals surface area contributed by atoms with Crippen LogP contribution in [0.2, 0.25) is 0 Å². The van der Waals surface area contributed by atoms with Crippen molar-refractivity contribution in [3.8, 4) is 11.5 Å². The number of carbonyl (C=O) groups is 2. The molecule has 0 spiro atoms. The number of aliphatic hydroxyl groups is 1. The highest BCUT2D eigenvalue weighted by Gasteiger charge is 2.33. The van der Waals surface area contributed by atoms with E-state index < -0.39 is 5.97 Å². The van der Waals surface area contributed by atoms with Gasteiger partial charge in [0.2, 0.25) is 5.91 Å². The lowest BCUT2D eigenvalue weighted by atomic mass is 10.1. The monoisotopic (exact) mass is 419 g/mol. The molecule has 1 aromatic carbocycles. The Morgan fingerprint density at radius 2 is 1.93 bits per heavy atom. The molecule has 0 aliphatic carbocycles. The van der Waals surface area contributed by atoms with Gasteiger partial charge < -0.3 is 19.3 Å². The molecule has 1 heterocycles. The van der Waals surface area contributed by atoms with Crippen LogP contribution in [0.15, 0.2) is 39.4 Å². The zero-order chi connectivity index (χ0) is 21.4. The summed E-state index contributed by atoms with van der Waals surface area (Å²) in [6.07, 6.45) is 2.58. The lowest BCUT2D eigenvalue weighted by Gasteiger charge is -2.09. The first kappa shape index (κ1) is 22.5. The number of nitrogens with zero attached hydrogens (tertiary/aromatic N) is 1. The van der Waals surface area contributed by atoms with Crippen molar-refractivity contribution >= 4 is 34.8 Å². The molecule has 0 atom stereocenters. The molecule has 7 nitrogen and oxygen atoms in total. The maximum absolute atomic E-state index is 12.3. The van der Waals surface area contributed by atoms with Crippen molar-refractivity contribution in [2.24, 2.45) is 4.99 Å². The van der Waals surface area contributed by atoms with Gasteiger partial charge in [0, 0.05) is 6.42 Å². The Morgan fingerprint density at radius 1 is 1.17 bits per heavy atom. The fourth-order valence-electron chi connectivity index (χ4n) is 2.57. The molecule has 8 heteroatoms. The van der Waals surface area contributed by atoms with Gasteiger partial charge in [0.25, 0.3) is 0 Å². The average Bonchev–Trinajstić information content (AvgIpc) is 2.98. The Labute approximate surface area is 174 Å². The van der Waals surface area contributed by atoms with Crippen LogP contribution in [0, 0.1) is 0 Å². The number of esters is 1. The topological polar surface area (TPSA) is 94.4 Å². The number of aliphatic hydroxyl groups excluding tert-OH is 1. The zero-order valence-electron chi connectivity index (χ0n) is 17.0. The number of aliphatic imine (C=N–C) groups is 1. The fourth-order valence-corrected chi connectivity index (χ4v) is 3.61. The highest BCUT2D eigenvalue weighted by atomic mass is 32.2. The third-order valence-electron chi connectivity index (χ3n) is 3.85. The van der Waals surface area contributed by atoms with Crippen molar-refractivity contribution in [1.82, 2.24) is 0 Å². The predicted molar refractivity (Wildman–Crippen MR) is 113 cm³/mol. The van der Waals surface area contributed by atoms with Crippen molar-refractivity contribution in [1.29, 1.82) is 0 Å². The van der Waals surface area contributed by atoms with Gasteiger partial charge in [-0.05, 0) is 44.0 Å². The van der Waals surface area contributed by atoms with Crippen LogP contribution in [-0.2, 0) is 14.3 Å². The number of hydrogen-bond acceptors (Lipinski definition) is 7. The van der Waals surface area contributed by atoms with Crippen molar-refractivity contribution in [3.63, 3.8) is 0 Å². The van der Waals surface area contributed by atoms with Gasteiger partial charge in [-0.2, -0.15) is 0 Å². The Bertz CT molecular complexity index is 872. The van der Waals surface area contributed by atoms with Crippen LogP contribution < -0.4 is 9.47 Å². The number of ether oxygens (including phenoxy) is 3. The van der Waals surface area contributed by atoms with E-state index in [-0.39, 0.29) is 35.3 Å². The maximum Gasteiger partial charge on any atom is 0.344 e. The minimum Gasteiger partial charge on any atom is -0.506 e. The van der Waals surface area contributed by atoms with Gasteiger partial charge in [-0.1, -0.05) is 24.8 Å². The van der Waals surface area contributed by atoms with Gasteiger partial charge in [0.15, 0.2) is 11.5 Å². The van der Waals surface area contributed by atoms with E-state index in [2.05, 4.69) is 4.99 Å². The average molecular weight is 419 g/mol. The van der Waals surface area contributed by atoms with Gasteiger partial charge in [0.1, 0.15) is 16.4 Å². The highest BCUT2D eigenvalue weighted by molar-refractivity contribution is 8.18. The summed E-state index contributed by atoms with van der Waals surface area (Å²) in [6.45, 7) is 6.06. The van der Waals surface area contributed by atoms with Gasteiger partial charge in [-0.3, -0.25) is 4.79 Å². The summed E-state index contributed by atoms with van der Waals surface area (Å²) in [5, 5.41) is 10.8. The van der Waals surface area contributed by atoms with E-state index >= 15 is 0 Å². The third-order valence-corrected chi connectivity index (χ3v) is 4.87. The fraction of sp³-hybridized carbons (Fsp3) is 0.381. The molecule has 0 radical (unpaired) electrons. The summed E-state index contributed by atoms with van der Waals surface area (Å²) in [5.41, 5.74) is 0.633. The van der Waals surface area contributed by atoms with Crippen molar-refractivity contribution < 1.29 is 28.9 Å². The zero-order valence-corrected chi connectivity index (χ0v) is 17.8. The number of carbonyl (C=O) groups excluding carboxylic acids is 2. The Morgan fingerprint density at radius 3 is 2.55 bits per heavy atom. The van der Waals surface area contributed by atoms with E-state index in [4.69, 9.17) is 14.2 Å². The number of hydrogen-bond donors (Lipinski definition) is 1. The molecule has 29 heavy (non-hydrogen) atoms. The van der Waals surface area contributed by atoms with Gasteiger partial charge in [0.05, 0.1) is 25.2 Å². The summed E-state index contributed by atoms with van der Waals surface area (Å²) in [6, 6.07) is 5.32. The van der Waals surface area contributed by atoms with Crippen LogP contribution in [-0.4, -0.2) is 42.4 Å². The van der Waals surface area contributed by atoms with Crippen LogP contribution in [0.25, 0.3) is 6.08 Å². The summed E-state index contributed by atoms with van der Waals surface area (Å²) in [7, 11) is 1.54. The third kappa shape index (κ3) is 5.63. The molecular weight excluding hydrogens is 394 g/mol. The van der Waals surface area contributed by atoms with Crippen LogP contribution in [0.1, 0.15) is 39.2 Å². The van der Waals surface area contributed by atoms with E-state index in [1.807, 2.05) is 13.8 Å². The standard InChI is InChI=1S/C21H25NO6S/c1-5-8-17(23)22-20-18(21(25)28-7-3)19(24)16(29-20)12-13-9-10-14(27-6-2)15(11-13)26-4/h9-12,24H,5-8H2,1-4H3/b16-12-,22-20?. The molecule has 1 aliphatic rings. The lowest BCUT2D eigenvalue weighted by Crippen LogP contribution is -2.14. The van der Waals surface area contributed by atoms with Crippen molar-refractivity contribution in [2.75, 3.05) is 20.3 Å². The Kier molecular flexibility index (Phi) is 8.33. The molecule has 0 saturated heterocycles. The maximum atomic E-state index is 12.3. The van der Waals surface area contributed by atoms with Crippen LogP contribution >= 0.6 is 11.8 Å². The van der Waals surface area contributed by atoms with Gasteiger partial charge in [-0.15, -0.1) is 0 Å². The summed E-state index contributed by atoms with van der Waals surface area (Å²) >= 11 is 1.05. The van der Waals surface area contributed by atoms with Gasteiger partial charge in [-0.25, -0.2) is 9.79 Å². The van der Waals surface area contributed by atoms with Gasteiger partial charge >= 0.3 is 5.97 Å². The molecule has 0 unspecified atom stereocenters.